The number of rotatable bonds is 9. The lowest BCUT2D eigenvalue weighted by Gasteiger charge is -2.15. The van der Waals surface area contributed by atoms with Gasteiger partial charge in [0.05, 0.1) is 0 Å². The molecule has 0 spiro atoms. The van der Waals surface area contributed by atoms with Crippen LogP contribution in [0.5, 0.6) is 0 Å². The highest BCUT2D eigenvalue weighted by molar-refractivity contribution is 5.81. The second-order valence-electron chi connectivity index (χ2n) is 4.85. The molecule has 0 aromatic carbocycles. The van der Waals surface area contributed by atoms with Gasteiger partial charge in [0, 0.05) is 0 Å². The van der Waals surface area contributed by atoms with E-state index in [1.165, 1.54) is 27.7 Å². The maximum Gasteiger partial charge on any atom is 0.347 e. The zero-order valence-electron chi connectivity index (χ0n) is 13.9. The fourth-order valence-electron chi connectivity index (χ4n) is 1.16. The lowest BCUT2D eigenvalue weighted by molar-refractivity contribution is -0.175. The summed E-state index contributed by atoms with van der Waals surface area (Å²) in [6.07, 6.45) is -5.19. The first-order chi connectivity index (χ1) is 11.1. The van der Waals surface area contributed by atoms with Crippen LogP contribution < -0.4 is 0 Å². The minimum atomic E-state index is -1.37. The third-order valence-electron chi connectivity index (χ3n) is 2.50. The van der Waals surface area contributed by atoms with E-state index >= 15 is 0 Å². The van der Waals surface area contributed by atoms with Crippen molar-refractivity contribution in [2.24, 2.45) is 0 Å². The smallest absolute Gasteiger partial charge is 0.347 e. The number of carbonyl (C=O) groups is 4. The maximum atomic E-state index is 11.5. The maximum absolute atomic E-state index is 11.5. The molecule has 0 aliphatic rings. The van der Waals surface area contributed by atoms with Gasteiger partial charge in [0.25, 0.3) is 0 Å². The molecule has 0 radical (unpaired) electrons. The Kier molecular flexibility index (Phi) is 9.58. The summed E-state index contributed by atoms with van der Waals surface area (Å²) in [4.78, 5) is 45.1. The number of ether oxygens (including phenoxy) is 4. The Balaban J connectivity index is 4.03. The predicted molar refractivity (Wildman–Crippen MR) is 76.4 cm³/mol. The third-order valence-corrected chi connectivity index (χ3v) is 2.50. The van der Waals surface area contributed by atoms with Crippen molar-refractivity contribution in [3.8, 4) is 0 Å². The summed E-state index contributed by atoms with van der Waals surface area (Å²) < 4.78 is 18.6. The molecule has 0 saturated heterocycles. The average molecular weight is 350 g/mol. The zero-order chi connectivity index (χ0) is 18.9. The van der Waals surface area contributed by atoms with Crippen LogP contribution in [0.1, 0.15) is 27.7 Å². The van der Waals surface area contributed by atoms with Gasteiger partial charge in [-0.2, -0.15) is 0 Å². The minimum Gasteiger partial charge on any atom is -0.459 e. The highest BCUT2D eigenvalue weighted by Crippen LogP contribution is 2.00. The van der Waals surface area contributed by atoms with Gasteiger partial charge in [0.1, 0.15) is 25.4 Å². The Hall–Kier alpha value is -2.20. The van der Waals surface area contributed by atoms with Crippen molar-refractivity contribution in [2.45, 2.75) is 52.1 Å². The molecule has 0 amide bonds. The predicted octanol–water partition coefficient (Wildman–Crippen LogP) is -1.30. The van der Waals surface area contributed by atoms with Crippen LogP contribution in [0.15, 0.2) is 0 Å². The summed E-state index contributed by atoms with van der Waals surface area (Å²) >= 11 is 0. The quantitative estimate of drug-likeness (QED) is 0.292. The van der Waals surface area contributed by atoms with E-state index in [9.17, 15) is 19.2 Å². The summed E-state index contributed by atoms with van der Waals surface area (Å²) in [7, 11) is 0. The van der Waals surface area contributed by atoms with Crippen molar-refractivity contribution in [1.29, 1.82) is 0 Å². The summed E-state index contributed by atoms with van der Waals surface area (Å²) in [5, 5.41) is 17.9. The summed E-state index contributed by atoms with van der Waals surface area (Å²) in [6.45, 7) is 4.27. The number of hydrogen-bond acceptors (Lipinski definition) is 10. The Bertz CT molecular complexity index is 414. The number of aliphatic hydroxyl groups is 2. The standard InChI is InChI=1S/C14H22O10/c1-7(15)11(17)23-9(3)13(19)21-5-6-22-14(20)10(4)24-12(18)8(2)16/h7-10,15-16H,5-6H2,1-4H3/t7-,8+,9-,10+. The van der Waals surface area contributed by atoms with Gasteiger partial charge < -0.3 is 29.2 Å². The van der Waals surface area contributed by atoms with Crippen molar-refractivity contribution < 1.29 is 48.3 Å². The van der Waals surface area contributed by atoms with E-state index < -0.39 is 48.3 Å². The van der Waals surface area contributed by atoms with Crippen LogP contribution in [-0.2, 0) is 38.1 Å². The monoisotopic (exact) mass is 350 g/mol. The van der Waals surface area contributed by atoms with Gasteiger partial charge in [-0.25, -0.2) is 19.2 Å². The molecule has 0 unspecified atom stereocenters. The van der Waals surface area contributed by atoms with Crippen LogP contribution in [0.4, 0.5) is 0 Å². The fraction of sp³-hybridized carbons (Fsp3) is 0.714. The lowest BCUT2D eigenvalue weighted by atomic mass is 10.4. The van der Waals surface area contributed by atoms with E-state index in [2.05, 4.69) is 9.47 Å². The van der Waals surface area contributed by atoms with Crippen molar-refractivity contribution in [2.75, 3.05) is 13.2 Å². The van der Waals surface area contributed by atoms with Crippen LogP contribution in [0.3, 0.4) is 0 Å². The Labute approximate surface area is 138 Å². The van der Waals surface area contributed by atoms with E-state index in [0.29, 0.717) is 0 Å². The van der Waals surface area contributed by atoms with Crippen LogP contribution in [0, 0.1) is 0 Å². The second-order valence-corrected chi connectivity index (χ2v) is 4.85. The van der Waals surface area contributed by atoms with Crippen LogP contribution in [-0.4, -0.2) is 71.7 Å². The van der Waals surface area contributed by atoms with Crippen LogP contribution >= 0.6 is 0 Å². The first-order valence-corrected chi connectivity index (χ1v) is 7.16. The Morgan fingerprint density at radius 2 is 0.958 bits per heavy atom. The second kappa shape index (κ2) is 10.6. The highest BCUT2D eigenvalue weighted by Gasteiger charge is 2.23. The van der Waals surface area contributed by atoms with Gasteiger partial charge in [0.2, 0.25) is 0 Å². The lowest BCUT2D eigenvalue weighted by Crippen LogP contribution is -2.32. The summed E-state index contributed by atoms with van der Waals surface area (Å²) in [6, 6.07) is 0. The molecule has 24 heavy (non-hydrogen) atoms. The molecule has 0 fully saturated rings. The number of esters is 4. The first kappa shape index (κ1) is 21.8. The molecule has 4 atom stereocenters. The third kappa shape index (κ3) is 8.44. The van der Waals surface area contributed by atoms with Crippen molar-refractivity contribution >= 4 is 23.9 Å². The average Bonchev–Trinajstić information content (AvgIpc) is 2.50. The zero-order valence-corrected chi connectivity index (χ0v) is 13.9. The molecule has 0 saturated carbocycles. The van der Waals surface area contributed by atoms with Gasteiger partial charge in [0.15, 0.2) is 12.2 Å². The van der Waals surface area contributed by atoms with Gasteiger partial charge >= 0.3 is 23.9 Å². The van der Waals surface area contributed by atoms with E-state index in [-0.39, 0.29) is 13.2 Å². The summed E-state index contributed by atoms with van der Waals surface area (Å²) in [5.74, 6) is -3.71. The molecule has 138 valence electrons. The number of carbonyl (C=O) groups excluding carboxylic acids is 4. The molecular formula is C14H22O10. The molecule has 0 aromatic heterocycles. The SMILES string of the molecule is C[C@H](O)C(=O)O[C@@H](C)C(=O)OCCOC(=O)[C@@H](C)OC(=O)[C@@H](C)O. The van der Waals surface area contributed by atoms with Crippen molar-refractivity contribution in [3.05, 3.63) is 0 Å². The van der Waals surface area contributed by atoms with E-state index in [1.54, 1.807) is 0 Å². The fourth-order valence-corrected chi connectivity index (χ4v) is 1.16. The number of hydrogen-bond donors (Lipinski definition) is 2. The largest absolute Gasteiger partial charge is 0.459 e. The molecule has 0 aliphatic heterocycles. The molecule has 0 bridgehead atoms. The molecule has 0 aromatic rings. The van der Waals surface area contributed by atoms with Crippen LogP contribution in [0.25, 0.3) is 0 Å². The summed E-state index contributed by atoms with van der Waals surface area (Å²) in [5.41, 5.74) is 0. The topological polar surface area (TPSA) is 146 Å². The van der Waals surface area contributed by atoms with Crippen molar-refractivity contribution in [1.82, 2.24) is 0 Å². The van der Waals surface area contributed by atoms with E-state index in [0.717, 1.165) is 0 Å². The van der Waals surface area contributed by atoms with E-state index in [4.69, 9.17) is 19.7 Å². The molecule has 10 heteroatoms. The highest BCUT2D eigenvalue weighted by atomic mass is 16.6. The molecular weight excluding hydrogens is 328 g/mol. The molecule has 0 rings (SSSR count). The first-order valence-electron chi connectivity index (χ1n) is 7.16. The Morgan fingerprint density at radius 3 is 1.21 bits per heavy atom. The Morgan fingerprint density at radius 1 is 0.667 bits per heavy atom. The molecule has 0 heterocycles. The van der Waals surface area contributed by atoms with Gasteiger partial charge in [-0.05, 0) is 27.7 Å². The van der Waals surface area contributed by atoms with Crippen LogP contribution in [0.2, 0.25) is 0 Å². The molecule has 0 aliphatic carbocycles. The number of aliphatic hydroxyl groups excluding tert-OH is 2. The van der Waals surface area contributed by atoms with E-state index in [1.807, 2.05) is 0 Å². The minimum absolute atomic E-state index is 0.307. The van der Waals surface area contributed by atoms with Gasteiger partial charge in [-0.3, -0.25) is 0 Å². The normalized spacial score (nSPS) is 15.4. The molecule has 2 N–H and O–H groups in total. The van der Waals surface area contributed by atoms with Crippen molar-refractivity contribution in [3.63, 3.8) is 0 Å². The molecule has 10 nitrogen and oxygen atoms in total. The van der Waals surface area contributed by atoms with Gasteiger partial charge in [-0.1, -0.05) is 0 Å². The van der Waals surface area contributed by atoms with Gasteiger partial charge in [-0.15, -0.1) is 0 Å².